The highest BCUT2D eigenvalue weighted by molar-refractivity contribution is 5.71. The van der Waals surface area contributed by atoms with Crippen molar-refractivity contribution in [3.05, 3.63) is 109 Å². The van der Waals surface area contributed by atoms with Gasteiger partial charge in [0, 0.05) is 19.3 Å². The summed E-state index contributed by atoms with van der Waals surface area (Å²) in [5.41, 5.74) is 0. The van der Waals surface area contributed by atoms with Gasteiger partial charge in [0.1, 0.15) is 13.2 Å². The summed E-state index contributed by atoms with van der Waals surface area (Å²) < 4.78 is 16.7. The highest BCUT2D eigenvalue weighted by Crippen LogP contribution is 2.13. The smallest absolute Gasteiger partial charge is 0.306 e. The van der Waals surface area contributed by atoms with Crippen LogP contribution in [0, 0.1) is 0 Å². The van der Waals surface area contributed by atoms with Crippen molar-refractivity contribution in [3.63, 3.8) is 0 Å². The second kappa shape index (κ2) is 50.7. The van der Waals surface area contributed by atoms with Crippen molar-refractivity contribution in [2.75, 3.05) is 13.2 Å². The lowest BCUT2D eigenvalue weighted by Crippen LogP contribution is -2.30. The van der Waals surface area contributed by atoms with Crippen molar-refractivity contribution in [3.8, 4) is 0 Å². The van der Waals surface area contributed by atoms with Crippen molar-refractivity contribution >= 4 is 17.9 Å². The van der Waals surface area contributed by atoms with Gasteiger partial charge in [-0.05, 0) is 89.9 Å². The Bertz CT molecular complexity index is 1330. The van der Waals surface area contributed by atoms with Crippen molar-refractivity contribution in [2.24, 2.45) is 0 Å². The minimum atomic E-state index is -0.813. The van der Waals surface area contributed by atoms with Crippen molar-refractivity contribution < 1.29 is 28.6 Å². The van der Waals surface area contributed by atoms with Crippen LogP contribution in [-0.4, -0.2) is 37.2 Å². The summed E-state index contributed by atoms with van der Waals surface area (Å²) in [6.07, 6.45) is 67.8. The molecule has 0 rings (SSSR count). The van der Waals surface area contributed by atoms with Crippen LogP contribution in [0.2, 0.25) is 0 Å². The molecule has 0 fully saturated rings. The molecule has 1 unspecified atom stereocenters. The quantitative estimate of drug-likeness (QED) is 0.0199. The molecule has 0 spiro atoms. The highest BCUT2D eigenvalue weighted by Gasteiger charge is 2.19. The molecular weight excluding hydrogens is 781 g/mol. The lowest BCUT2D eigenvalue weighted by molar-refractivity contribution is -0.167. The van der Waals surface area contributed by atoms with E-state index in [0.717, 1.165) is 109 Å². The normalized spacial score (nSPS) is 13.0. The van der Waals surface area contributed by atoms with Gasteiger partial charge in [0.05, 0.1) is 0 Å². The number of unbranched alkanes of at least 4 members (excludes halogenated alkanes) is 21. The first kappa shape index (κ1) is 59.1. The molecule has 0 aromatic heterocycles. The number of ether oxygens (including phenoxy) is 3. The molecule has 1 atom stereocenters. The summed E-state index contributed by atoms with van der Waals surface area (Å²) in [5.74, 6) is -0.994. The monoisotopic (exact) mass is 873 g/mol. The van der Waals surface area contributed by atoms with Gasteiger partial charge in [-0.25, -0.2) is 0 Å². The molecular formula is C57H92O6. The molecule has 0 radical (unpaired) electrons. The Morgan fingerprint density at radius 3 is 1.06 bits per heavy atom. The van der Waals surface area contributed by atoms with E-state index in [1.165, 1.54) is 64.2 Å². The Morgan fingerprint density at radius 2 is 0.635 bits per heavy atom. The Labute approximate surface area is 387 Å². The maximum absolute atomic E-state index is 12.8. The van der Waals surface area contributed by atoms with E-state index in [4.69, 9.17) is 14.2 Å². The third kappa shape index (κ3) is 49.0. The van der Waals surface area contributed by atoms with Crippen molar-refractivity contribution in [2.45, 2.75) is 219 Å². The summed E-state index contributed by atoms with van der Waals surface area (Å²) >= 11 is 0. The van der Waals surface area contributed by atoms with Gasteiger partial charge >= 0.3 is 17.9 Å². The van der Waals surface area contributed by atoms with Crippen LogP contribution in [-0.2, 0) is 28.6 Å². The van der Waals surface area contributed by atoms with Gasteiger partial charge in [-0.2, -0.15) is 0 Å². The standard InChI is InChI=1S/C57H92O6/c1-4-7-10-13-16-19-22-25-27-28-29-30-33-35-38-41-44-47-50-56(59)62-53-54(52-61-55(58)49-46-43-40-37-34-31-24-21-18-15-12-9-6-3)63-57(60)51-48-45-42-39-36-32-26-23-20-17-14-11-8-5-2/h9,12,15-16,18-19,21-22,24-25,27-32,34,36,54H,4-8,10-11,13-14,17,20,23,26,33,35,37-53H2,1-3H3/b12-9+,18-15+,19-16+,24-21+,25-22+,28-27+,30-29+,34-31+,36-32+. The predicted octanol–water partition coefficient (Wildman–Crippen LogP) is 16.8. The molecule has 0 heterocycles. The van der Waals surface area contributed by atoms with Crippen LogP contribution >= 0.6 is 0 Å². The molecule has 0 aliphatic carbocycles. The zero-order valence-electron chi connectivity index (χ0n) is 40.5. The molecule has 0 saturated heterocycles. The van der Waals surface area contributed by atoms with E-state index in [0.29, 0.717) is 19.3 Å². The molecule has 0 aliphatic heterocycles. The number of hydrogen-bond acceptors (Lipinski definition) is 6. The first-order valence-electron chi connectivity index (χ1n) is 25.5. The van der Waals surface area contributed by atoms with Gasteiger partial charge in [0.2, 0.25) is 0 Å². The lowest BCUT2D eigenvalue weighted by Gasteiger charge is -2.18. The minimum absolute atomic E-state index is 0.111. The maximum atomic E-state index is 12.8. The van der Waals surface area contributed by atoms with Crippen LogP contribution < -0.4 is 0 Å². The van der Waals surface area contributed by atoms with E-state index in [2.05, 4.69) is 93.7 Å². The molecule has 0 aromatic carbocycles. The number of allylic oxidation sites excluding steroid dienone is 18. The van der Waals surface area contributed by atoms with Gasteiger partial charge in [-0.15, -0.1) is 0 Å². The highest BCUT2D eigenvalue weighted by atomic mass is 16.6. The summed E-state index contributed by atoms with van der Waals surface area (Å²) in [5, 5.41) is 0. The van der Waals surface area contributed by atoms with Crippen molar-refractivity contribution in [1.82, 2.24) is 0 Å². The largest absolute Gasteiger partial charge is 0.462 e. The molecule has 0 aliphatic rings. The van der Waals surface area contributed by atoms with Crippen molar-refractivity contribution in [1.29, 1.82) is 0 Å². The fourth-order valence-electron chi connectivity index (χ4n) is 6.57. The average molecular weight is 873 g/mol. The molecule has 0 bridgehead atoms. The third-order valence-corrected chi connectivity index (χ3v) is 10.4. The molecule has 6 heteroatoms. The summed E-state index contributed by atoms with van der Waals surface area (Å²) in [4.78, 5) is 37.9. The molecule has 63 heavy (non-hydrogen) atoms. The Balaban J connectivity index is 4.52. The van der Waals surface area contributed by atoms with E-state index in [9.17, 15) is 14.4 Å². The van der Waals surface area contributed by atoms with Crippen LogP contribution in [0.3, 0.4) is 0 Å². The second-order valence-corrected chi connectivity index (χ2v) is 16.5. The first-order valence-corrected chi connectivity index (χ1v) is 25.5. The summed E-state index contributed by atoms with van der Waals surface area (Å²) in [7, 11) is 0. The van der Waals surface area contributed by atoms with Gasteiger partial charge < -0.3 is 14.2 Å². The molecule has 6 nitrogen and oxygen atoms in total. The van der Waals surface area contributed by atoms with Crippen LogP contribution in [0.15, 0.2) is 109 Å². The van der Waals surface area contributed by atoms with Gasteiger partial charge in [0.25, 0.3) is 0 Å². The first-order chi connectivity index (χ1) is 31.0. The molecule has 0 N–H and O–H groups in total. The molecule has 0 aromatic rings. The lowest BCUT2D eigenvalue weighted by atomic mass is 10.1. The maximum Gasteiger partial charge on any atom is 0.306 e. The third-order valence-electron chi connectivity index (χ3n) is 10.4. The zero-order valence-corrected chi connectivity index (χ0v) is 40.5. The SMILES string of the molecule is CC/C=C/C=C/C=C/C=C/CCCCCC(=O)OCC(COC(=O)CCCCCCC/C=C/C=C/C=C/C=C/CCCCC)OC(=O)CCCCC/C=C/CCCCCCCCC. The van der Waals surface area contributed by atoms with E-state index in [1.807, 2.05) is 36.5 Å². The predicted molar refractivity (Wildman–Crippen MR) is 270 cm³/mol. The van der Waals surface area contributed by atoms with E-state index in [1.54, 1.807) is 0 Å². The van der Waals surface area contributed by atoms with Gasteiger partial charge in [-0.1, -0.05) is 214 Å². The Kier molecular flexibility index (Phi) is 47.5. The van der Waals surface area contributed by atoms with E-state index >= 15 is 0 Å². The number of carbonyl (C=O) groups is 3. The average Bonchev–Trinajstić information content (AvgIpc) is 3.28. The number of carbonyl (C=O) groups excluding carboxylic acids is 3. The number of hydrogen-bond donors (Lipinski definition) is 0. The van der Waals surface area contributed by atoms with Crippen LogP contribution in [0.4, 0.5) is 0 Å². The van der Waals surface area contributed by atoms with Crippen LogP contribution in [0.5, 0.6) is 0 Å². The van der Waals surface area contributed by atoms with Gasteiger partial charge in [0.15, 0.2) is 6.10 Å². The Morgan fingerprint density at radius 1 is 0.333 bits per heavy atom. The van der Waals surface area contributed by atoms with Crippen LogP contribution in [0.1, 0.15) is 213 Å². The number of esters is 3. The fourth-order valence-corrected chi connectivity index (χ4v) is 6.57. The van der Waals surface area contributed by atoms with Crippen LogP contribution in [0.25, 0.3) is 0 Å². The number of rotatable bonds is 44. The Hall–Kier alpha value is -3.93. The topological polar surface area (TPSA) is 78.9 Å². The summed E-state index contributed by atoms with van der Waals surface area (Å²) in [6.45, 7) is 6.37. The molecule has 0 amide bonds. The molecule has 356 valence electrons. The fraction of sp³-hybridized carbons (Fsp3) is 0.632. The minimum Gasteiger partial charge on any atom is -0.462 e. The van der Waals surface area contributed by atoms with E-state index < -0.39 is 6.10 Å². The molecule has 0 saturated carbocycles. The second-order valence-electron chi connectivity index (χ2n) is 16.5. The van der Waals surface area contributed by atoms with E-state index in [-0.39, 0.29) is 31.1 Å². The van der Waals surface area contributed by atoms with Gasteiger partial charge in [-0.3, -0.25) is 14.4 Å². The summed E-state index contributed by atoms with van der Waals surface area (Å²) in [6, 6.07) is 0. The zero-order chi connectivity index (χ0) is 45.8.